The molecule has 0 radical (unpaired) electrons. The molecule has 2 N–H and O–H groups in total. The van der Waals surface area contributed by atoms with Crippen LogP contribution in [0.1, 0.15) is 0 Å². The molecule has 0 aromatic carbocycles. The van der Waals surface area contributed by atoms with Crippen molar-refractivity contribution in [2.45, 2.75) is 0 Å². The van der Waals surface area contributed by atoms with Gasteiger partial charge in [0.1, 0.15) is 0 Å². The number of nitrogen functional groups attached to an aromatic ring is 1. The highest BCUT2D eigenvalue weighted by Gasteiger charge is 2.05. The number of rotatable bonds is 2. The summed E-state index contributed by atoms with van der Waals surface area (Å²) in [7, 11) is 1.53. The number of nitrogens with two attached hydrogens (primary N) is 1. The van der Waals surface area contributed by atoms with Crippen molar-refractivity contribution in [1.82, 2.24) is 15.0 Å². The van der Waals surface area contributed by atoms with Gasteiger partial charge in [0.15, 0.2) is 17.4 Å². The van der Waals surface area contributed by atoms with Crippen molar-refractivity contribution < 1.29 is 4.74 Å². The molecule has 2 aromatic heterocycles. The van der Waals surface area contributed by atoms with Gasteiger partial charge in [-0.1, -0.05) is 0 Å². The summed E-state index contributed by atoms with van der Waals surface area (Å²) in [5, 5.41) is 0. The van der Waals surface area contributed by atoms with Crippen LogP contribution in [0, 0.1) is 0 Å². The maximum absolute atomic E-state index is 5.68. The van der Waals surface area contributed by atoms with Crippen LogP contribution in [0.25, 0.3) is 11.4 Å². The fourth-order valence-corrected chi connectivity index (χ4v) is 1.18. The molecule has 5 heteroatoms. The van der Waals surface area contributed by atoms with Crippen LogP contribution in [0.2, 0.25) is 0 Å². The summed E-state index contributed by atoms with van der Waals surface area (Å²) in [6.45, 7) is 0. The number of methoxy groups -OCH3 is 1. The van der Waals surface area contributed by atoms with Crippen LogP contribution in [-0.4, -0.2) is 22.1 Å². The number of hydrogen-bond donors (Lipinski definition) is 1. The Hall–Kier alpha value is -2.17. The average molecular weight is 202 g/mol. The van der Waals surface area contributed by atoms with Crippen molar-refractivity contribution in [3.05, 3.63) is 30.7 Å². The van der Waals surface area contributed by atoms with Crippen LogP contribution in [-0.2, 0) is 0 Å². The number of nitrogens with zero attached hydrogens (tertiary/aromatic N) is 3. The Balaban J connectivity index is 2.43. The Morgan fingerprint density at radius 1 is 1.27 bits per heavy atom. The van der Waals surface area contributed by atoms with Crippen LogP contribution in [0.5, 0.6) is 5.75 Å². The largest absolute Gasteiger partial charge is 0.491 e. The molecular formula is C10H10N4O. The van der Waals surface area contributed by atoms with Crippen molar-refractivity contribution in [2.24, 2.45) is 0 Å². The Morgan fingerprint density at radius 2 is 2.00 bits per heavy atom. The molecule has 0 fully saturated rings. The van der Waals surface area contributed by atoms with Gasteiger partial charge in [-0.2, -0.15) is 0 Å². The van der Waals surface area contributed by atoms with E-state index in [9.17, 15) is 0 Å². The molecule has 0 spiro atoms. The third-order valence-electron chi connectivity index (χ3n) is 1.94. The zero-order valence-electron chi connectivity index (χ0n) is 8.21. The third-order valence-corrected chi connectivity index (χ3v) is 1.94. The van der Waals surface area contributed by atoms with Crippen molar-refractivity contribution in [2.75, 3.05) is 12.8 Å². The molecule has 0 aliphatic heterocycles. The molecule has 2 aromatic rings. The summed E-state index contributed by atoms with van der Waals surface area (Å²) in [6.07, 6.45) is 4.91. The first-order valence-corrected chi connectivity index (χ1v) is 4.38. The quantitative estimate of drug-likeness (QED) is 0.790. The molecule has 5 nitrogen and oxygen atoms in total. The molecule has 76 valence electrons. The van der Waals surface area contributed by atoms with Crippen LogP contribution in [0.4, 0.5) is 5.82 Å². The van der Waals surface area contributed by atoms with Gasteiger partial charge in [-0.25, -0.2) is 9.97 Å². The minimum Gasteiger partial charge on any atom is -0.491 e. The lowest BCUT2D eigenvalue weighted by molar-refractivity contribution is 0.413. The summed E-state index contributed by atoms with van der Waals surface area (Å²) >= 11 is 0. The van der Waals surface area contributed by atoms with E-state index in [0.717, 1.165) is 5.56 Å². The summed E-state index contributed by atoms with van der Waals surface area (Å²) in [6, 6.07) is 3.64. The molecule has 0 amide bonds. The molecule has 0 saturated carbocycles. The zero-order chi connectivity index (χ0) is 10.7. The Bertz CT molecular complexity index is 458. The van der Waals surface area contributed by atoms with E-state index in [-0.39, 0.29) is 0 Å². The number of aromatic nitrogens is 3. The predicted octanol–water partition coefficient (Wildman–Crippen LogP) is 1.13. The highest BCUT2D eigenvalue weighted by atomic mass is 16.5. The average Bonchev–Trinajstić information content (AvgIpc) is 2.30. The number of ether oxygens (including phenoxy) is 1. The van der Waals surface area contributed by atoms with Crippen LogP contribution in [0.3, 0.4) is 0 Å². The summed E-state index contributed by atoms with van der Waals surface area (Å²) in [5.74, 6) is 1.38. The number of pyridine rings is 1. The fourth-order valence-electron chi connectivity index (χ4n) is 1.18. The lowest BCUT2D eigenvalue weighted by atomic mass is 10.2. The lowest BCUT2D eigenvalue weighted by Crippen LogP contribution is -1.99. The van der Waals surface area contributed by atoms with E-state index >= 15 is 0 Å². The van der Waals surface area contributed by atoms with Crippen LogP contribution < -0.4 is 10.5 Å². The van der Waals surface area contributed by atoms with E-state index in [1.165, 1.54) is 7.11 Å². The predicted molar refractivity (Wildman–Crippen MR) is 56.2 cm³/mol. The molecule has 15 heavy (non-hydrogen) atoms. The first kappa shape index (κ1) is 9.39. The number of hydrogen-bond acceptors (Lipinski definition) is 5. The van der Waals surface area contributed by atoms with E-state index in [0.29, 0.717) is 17.4 Å². The van der Waals surface area contributed by atoms with Gasteiger partial charge >= 0.3 is 0 Å². The highest BCUT2D eigenvalue weighted by Crippen LogP contribution is 2.21. The zero-order valence-corrected chi connectivity index (χ0v) is 8.21. The van der Waals surface area contributed by atoms with Gasteiger partial charge in [-0.15, -0.1) is 0 Å². The molecule has 0 aliphatic rings. The van der Waals surface area contributed by atoms with E-state index in [1.54, 1.807) is 18.6 Å². The van der Waals surface area contributed by atoms with E-state index in [2.05, 4.69) is 15.0 Å². The molecular weight excluding hydrogens is 192 g/mol. The fraction of sp³-hybridized carbons (Fsp3) is 0.100. The van der Waals surface area contributed by atoms with E-state index < -0.39 is 0 Å². The molecule has 0 aliphatic carbocycles. The second-order valence-electron chi connectivity index (χ2n) is 2.88. The maximum Gasteiger partial charge on any atom is 0.179 e. The minimum atomic E-state index is 0.333. The van der Waals surface area contributed by atoms with Crippen LogP contribution >= 0.6 is 0 Å². The van der Waals surface area contributed by atoms with Crippen molar-refractivity contribution in [3.8, 4) is 17.1 Å². The van der Waals surface area contributed by atoms with Gasteiger partial charge in [0, 0.05) is 18.0 Å². The van der Waals surface area contributed by atoms with E-state index in [1.807, 2.05) is 12.1 Å². The number of anilines is 1. The van der Waals surface area contributed by atoms with Crippen molar-refractivity contribution >= 4 is 5.82 Å². The SMILES string of the molecule is COc1cnc(-c2ccncc2)nc1N. The monoisotopic (exact) mass is 202 g/mol. The summed E-state index contributed by atoms with van der Waals surface area (Å²) in [4.78, 5) is 12.2. The molecule has 0 unspecified atom stereocenters. The van der Waals surface area contributed by atoms with Crippen molar-refractivity contribution in [3.63, 3.8) is 0 Å². The second-order valence-corrected chi connectivity index (χ2v) is 2.88. The van der Waals surface area contributed by atoms with Gasteiger partial charge in [0.05, 0.1) is 13.3 Å². The first-order valence-electron chi connectivity index (χ1n) is 4.38. The summed E-state index contributed by atoms with van der Waals surface area (Å²) < 4.78 is 4.97. The second kappa shape index (κ2) is 3.91. The molecule has 2 rings (SSSR count). The first-order chi connectivity index (χ1) is 7.31. The van der Waals surface area contributed by atoms with Gasteiger partial charge < -0.3 is 10.5 Å². The maximum atomic E-state index is 5.68. The van der Waals surface area contributed by atoms with Gasteiger partial charge in [-0.05, 0) is 12.1 Å². The molecule has 0 atom stereocenters. The van der Waals surface area contributed by atoms with Gasteiger partial charge in [0.25, 0.3) is 0 Å². The van der Waals surface area contributed by atoms with Gasteiger partial charge in [0.2, 0.25) is 0 Å². The third kappa shape index (κ3) is 1.85. The Labute approximate surface area is 87.0 Å². The highest BCUT2D eigenvalue weighted by molar-refractivity contribution is 5.58. The normalized spacial score (nSPS) is 9.93. The van der Waals surface area contributed by atoms with E-state index in [4.69, 9.17) is 10.5 Å². The van der Waals surface area contributed by atoms with Crippen molar-refractivity contribution in [1.29, 1.82) is 0 Å². The Morgan fingerprint density at radius 3 is 2.60 bits per heavy atom. The summed E-state index contributed by atoms with van der Waals surface area (Å²) in [5.41, 5.74) is 6.55. The molecule has 2 heterocycles. The smallest absolute Gasteiger partial charge is 0.179 e. The van der Waals surface area contributed by atoms with Gasteiger partial charge in [-0.3, -0.25) is 4.98 Å². The lowest BCUT2D eigenvalue weighted by Gasteiger charge is -2.04. The standard InChI is InChI=1S/C10H10N4O/c1-15-8-6-13-10(14-9(8)11)7-2-4-12-5-3-7/h2-6H,1H3,(H2,11,13,14). The minimum absolute atomic E-state index is 0.333. The molecule has 0 saturated heterocycles. The Kier molecular flexibility index (Phi) is 2.45. The van der Waals surface area contributed by atoms with Crippen LogP contribution in [0.15, 0.2) is 30.7 Å². The molecule has 0 bridgehead atoms. The topological polar surface area (TPSA) is 73.9 Å².